The Morgan fingerprint density at radius 2 is 1.68 bits per heavy atom. The van der Waals surface area contributed by atoms with E-state index in [2.05, 4.69) is 60.4 Å². The number of hydrogen-bond acceptors (Lipinski definition) is 4. The number of phenolic OH excluding ortho intramolecular Hbond substituents is 1. The number of aromatic hydroxyl groups is 1. The molecule has 1 aliphatic rings. The fraction of sp³-hybridized carbons (Fsp3) is 0.259. The molecule has 0 spiro atoms. The molecule has 2 heterocycles. The van der Waals surface area contributed by atoms with Gasteiger partial charge in [-0.25, -0.2) is 9.97 Å². The first kappa shape index (κ1) is 19.6. The lowest BCUT2D eigenvalue weighted by Crippen LogP contribution is -2.25. The van der Waals surface area contributed by atoms with E-state index in [4.69, 9.17) is 9.97 Å². The van der Waals surface area contributed by atoms with Gasteiger partial charge >= 0.3 is 0 Å². The van der Waals surface area contributed by atoms with E-state index in [0.29, 0.717) is 17.3 Å². The molecule has 4 heteroatoms. The van der Waals surface area contributed by atoms with Crippen LogP contribution < -0.4 is 4.90 Å². The second kappa shape index (κ2) is 8.38. The molecular weight excluding hydrogens is 382 g/mol. The molecule has 156 valence electrons. The van der Waals surface area contributed by atoms with Gasteiger partial charge in [0.05, 0.1) is 11.1 Å². The van der Waals surface area contributed by atoms with Crippen LogP contribution in [0.15, 0.2) is 72.8 Å². The molecule has 0 saturated carbocycles. The molecule has 3 aromatic carbocycles. The lowest BCUT2D eigenvalue weighted by molar-refractivity contribution is 0.477. The van der Waals surface area contributed by atoms with Crippen molar-refractivity contribution in [3.63, 3.8) is 0 Å². The van der Waals surface area contributed by atoms with Gasteiger partial charge in [-0.05, 0) is 67.5 Å². The van der Waals surface area contributed by atoms with Gasteiger partial charge in [0.25, 0.3) is 0 Å². The topological polar surface area (TPSA) is 49.2 Å². The number of aryl methyl sites for hydroxylation is 1. The van der Waals surface area contributed by atoms with Crippen molar-refractivity contribution in [3.05, 3.63) is 83.9 Å². The number of fused-ring (bicyclic) bond motifs is 1. The predicted molar refractivity (Wildman–Crippen MR) is 127 cm³/mol. The number of rotatable bonds is 3. The number of benzene rings is 3. The van der Waals surface area contributed by atoms with E-state index in [-0.39, 0.29) is 5.75 Å². The maximum absolute atomic E-state index is 10.4. The van der Waals surface area contributed by atoms with Crippen LogP contribution in [-0.4, -0.2) is 28.2 Å². The number of anilines is 1. The van der Waals surface area contributed by atoms with Crippen molar-refractivity contribution in [2.45, 2.75) is 32.1 Å². The van der Waals surface area contributed by atoms with Gasteiger partial charge in [0.1, 0.15) is 11.6 Å². The van der Waals surface area contributed by atoms with Crippen LogP contribution in [0.25, 0.3) is 22.3 Å². The molecule has 0 aliphatic carbocycles. The van der Waals surface area contributed by atoms with Gasteiger partial charge in [0.15, 0.2) is 5.82 Å². The minimum absolute atomic E-state index is 0.209. The predicted octanol–water partition coefficient (Wildman–Crippen LogP) is 6.08. The average Bonchev–Trinajstić information content (AvgIpc) is 3.05. The Morgan fingerprint density at radius 1 is 0.871 bits per heavy atom. The van der Waals surface area contributed by atoms with Gasteiger partial charge in [-0.2, -0.15) is 0 Å². The van der Waals surface area contributed by atoms with E-state index < -0.39 is 0 Å². The first-order valence-electron chi connectivity index (χ1n) is 11.1. The molecule has 4 nitrogen and oxygen atoms in total. The molecule has 1 unspecified atom stereocenters. The zero-order valence-corrected chi connectivity index (χ0v) is 17.8. The van der Waals surface area contributed by atoms with Crippen LogP contribution in [-0.2, 0) is 0 Å². The molecule has 0 amide bonds. The SMILES string of the molecule is Cc1ccc2c(N3CCCC(c4ccccc4)CC3)nc(-c3ccccc3O)nc2c1. The summed E-state index contributed by atoms with van der Waals surface area (Å²) in [5, 5.41) is 11.5. The molecule has 4 aromatic rings. The van der Waals surface area contributed by atoms with Crippen molar-refractivity contribution in [2.24, 2.45) is 0 Å². The Balaban J connectivity index is 1.55. The maximum Gasteiger partial charge on any atom is 0.165 e. The van der Waals surface area contributed by atoms with Crippen molar-refractivity contribution in [3.8, 4) is 17.1 Å². The van der Waals surface area contributed by atoms with E-state index >= 15 is 0 Å². The summed E-state index contributed by atoms with van der Waals surface area (Å²) in [5.74, 6) is 2.34. The summed E-state index contributed by atoms with van der Waals surface area (Å²) in [6.45, 7) is 4.01. The molecule has 1 N–H and O–H groups in total. The summed E-state index contributed by atoms with van der Waals surface area (Å²) in [4.78, 5) is 12.2. The Morgan fingerprint density at radius 3 is 2.52 bits per heavy atom. The Hall–Kier alpha value is -3.40. The standard InChI is InChI=1S/C27H27N3O/c1-19-13-14-22-24(18-19)28-26(23-11-5-6-12-25(23)31)29-27(22)30-16-7-10-21(15-17-30)20-8-3-2-4-9-20/h2-6,8-9,11-14,18,21,31H,7,10,15-17H2,1H3. The smallest absolute Gasteiger partial charge is 0.165 e. The van der Waals surface area contributed by atoms with Crippen LogP contribution in [0, 0.1) is 6.92 Å². The van der Waals surface area contributed by atoms with Gasteiger partial charge in [0.2, 0.25) is 0 Å². The van der Waals surface area contributed by atoms with E-state index in [1.165, 1.54) is 17.5 Å². The Kier molecular flexibility index (Phi) is 5.29. The molecule has 1 fully saturated rings. The molecule has 1 aliphatic heterocycles. The van der Waals surface area contributed by atoms with Gasteiger partial charge in [-0.15, -0.1) is 0 Å². The fourth-order valence-corrected chi connectivity index (χ4v) is 4.61. The lowest BCUT2D eigenvalue weighted by Gasteiger charge is -2.24. The van der Waals surface area contributed by atoms with Gasteiger partial charge in [0, 0.05) is 18.5 Å². The van der Waals surface area contributed by atoms with Gasteiger partial charge < -0.3 is 10.0 Å². The monoisotopic (exact) mass is 409 g/mol. The summed E-state index contributed by atoms with van der Waals surface area (Å²) >= 11 is 0. The minimum atomic E-state index is 0.209. The summed E-state index contributed by atoms with van der Waals surface area (Å²) in [7, 11) is 0. The largest absolute Gasteiger partial charge is 0.507 e. The Bertz CT molecular complexity index is 1210. The first-order chi connectivity index (χ1) is 15.2. The summed E-state index contributed by atoms with van der Waals surface area (Å²) in [6, 6.07) is 24.5. The summed E-state index contributed by atoms with van der Waals surface area (Å²) < 4.78 is 0. The normalized spacial score (nSPS) is 16.9. The van der Waals surface area contributed by atoms with E-state index in [1.54, 1.807) is 6.07 Å². The second-order valence-electron chi connectivity index (χ2n) is 8.43. The quantitative estimate of drug-likeness (QED) is 0.445. The number of hydrogen-bond donors (Lipinski definition) is 1. The molecule has 1 aromatic heterocycles. The third-order valence-electron chi connectivity index (χ3n) is 6.28. The number of nitrogens with zero attached hydrogens (tertiary/aromatic N) is 3. The van der Waals surface area contributed by atoms with E-state index in [0.717, 1.165) is 42.7 Å². The number of phenols is 1. The molecule has 0 bridgehead atoms. The van der Waals surface area contributed by atoms with Crippen molar-refractivity contribution in [2.75, 3.05) is 18.0 Å². The third kappa shape index (κ3) is 3.98. The van der Waals surface area contributed by atoms with E-state index in [9.17, 15) is 5.11 Å². The zero-order chi connectivity index (χ0) is 21.2. The molecule has 5 rings (SSSR count). The highest BCUT2D eigenvalue weighted by Gasteiger charge is 2.22. The highest BCUT2D eigenvalue weighted by Crippen LogP contribution is 2.34. The second-order valence-corrected chi connectivity index (χ2v) is 8.43. The molecule has 31 heavy (non-hydrogen) atoms. The highest BCUT2D eigenvalue weighted by molar-refractivity contribution is 5.91. The lowest BCUT2D eigenvalue weighted by atomic mass is 9.92. The fourth-order valence-electron chi connectivity index (χ4n) is 4.61. The third-order valence-corrected chi connectivity index (χ3v) is 6.28. The van der Waals surface area contributed by atoms with Gasteiger partial charge in [-0.3, -0.25) is 0 Å². The van der Waals surface area contributed by atoms with Crippen molar-refractivity contribution < 1.29 is 5.11 Å². The van der Waals surface area contributed by atoms with Gasteiger partial charge in [-0.1, -0.05) is 48.5 Å². The van der Waals surface area contributed by atoms with Crippen LogP contribution in [0.2, 0.25) is 0 Å². The summed E-state index contributed by atoms with van der Waals surface area (Å²) in [5.41, 5.74) is 4.19. The Labute approximate surface area is 183 Å². The van der Waals surface area contributed by atoms with Crippen LogP contribution in [0.1, 0.15) is 36.3 Å². The summed E-state index contributed by atoms with van der Waals surface area (Å²) in [6.07, 6.45) is 3.42. The molecule has 1 atom stereocenters. The van der Waals surface area contributed by atoms with Crippen molar-refractivity contribution in [1.82, 2.24) is 9.97 Å². The molecular formula is C27H27N3O. The van der Waals surface area contributed by atoms with Crippen molar-refractivity contribution in [1.29, 1.82) is 0 Å². The average molecular weight is 410 g/mol. The number of aromatic nitrogens is 2. The maximum atomic E-state index is 10.4. The molecule has 0 radical (unpaired) electrons. The van der Waals surface area contributed by atoms with Crippen LogP contribution in [0.3, 0.4) is 0 Å². The minimum Gasteiger partial charge on any atom is -0.507 e. The zero-order valence-electron chi connectivity index (χ0n) is 17.8. The van der Waals surface area contributed by atoms with Crippen LogP contribution in [0.4, 0.5) is 5.82 Å². The van der Waals surface area contributed by atoms with Crippen LogP contribution in [0.5, 0.6) is 5.75 Å². The molecule has 1 saturated heterocycles. The highest BCUT2D eigenvalue weighted by atomic mass is 16.3. The van der Waals surface area contributed by atoms with Crippen LogP contribution >= 0.6 is 0 Å². The van der Waals surface area contributed by atoms with E-state index in [1.807, 2.05) is 18.2 Å². The number of para-hydroxylation sites is 1. The first-order valence-corrected chi connectivity index (χ1v) is 11.1. The van der Waals surface area contributed by atoms with Crippen molar-refractivity contribution >= 4 is 16.7 Å².